The predicted molar refractivity (Wildman–Crippen MR) is 75.8 cm³/mol. The maximum Gasteiger partial charge on any atom is 0.111 e. The minimum absolute atomic E-state index is 0.498. The fourth-order valence-electron chi connectivity index (χ4n) is 2.32. The molecule has 0 amide bonds. The van der Waals surface area contributed by atoms with Crippen molar-refractivity contribution in [2.24, 2.45) is 7.05 Å². The van der Waals surface area contributed by atoms with Gasteiger partial charge < -0.3 is 4.57 Å². The van der Waals surface area contributed by atoms with Crippen LogP contribution in [0.1, 0.15) is 43.3 Å². The lowest BCUT2D eigenvalue weighted by Gasteiger charge is -2.02. The summed E-state index contributed by atoms with van der Waals surface area (Å²) in [6.45, 7) is 4.38. The Hall–Kier alpha value is -1.57. The van der Waals surface area contributed by atoms with Crippen LogP contribution in [0.5, 0.6) is 0 Å². The number of rotatable bonds is 5. The van der Waals surface area contributed by atoms with Gasteiger partial charge in [0, 0.05) is 19.2 Å². The van der Waals surface area contributed by atoms with Gasteiger partial charge in [-0.2, -0.15) is 0 Å². The molecule has 2 nitrogen and oxygen atoms in total. The first-order valence-electron chi connectivity index (χ1n) is 6.73. The molecule has 0 fully saturated rings. The van der Waals surface area contributed by atoms with Gasteiger partial charge in [0.15, 0.2) is 0 Å². The van der Waals surface area contributed by atoms with E-state index in [1.54, 1.807) is 0 Å². The maximum atomic E-state index is 4.70. The molecule has 0 aliphatic carbocycles. The van der Waals surface area contributed by atoms with Crippen molar-refractivity contribution < 1.29 is 0 Å². The van der Waals surface area contributed by atoms with E-state index < -0.39 is 0 Å². The zero-order valence-corrected chi connectivity index (χ0v) is 11.6. The minimum Gasteiger partial charge on any atom is -0.338 e. The van der Waals surface area contributed by atoms with Crippen LogP contribution in [0.15, 0.2) is 36.5 Å². The summed E-state index contributed by atoms with van der Waals surface area (Å²) in [5.41, 5.74) is 2.63. The number of hydrogen-bond donors (Lipinski definition) is 0. The minimum atomic E-state index is 0.498. The molecule has 0 spiro atoms. The predicted octanol–water partition coefficient (Wildman–Crippen LogP) is 3.72. The highest BCUT2D eigenvalue weighted by Gasteiger charge is 2.08. The Morgan fingerprint density at radius 2 is 1.83 bits per heavy atom. The lowest BCUT2D eigenvalue weighted by atomic mass is 10.1. The van der Waals surface area contributed by atoms with Gasteiger partial charge in [-0.1, -0.05) is 44.2 Å². The third-order valence-corrected chi connectivity index (χ3v) is 3.22. The van der Waals surface area contributed by atoms with E-state index in [9.17, 15) is 0 Å². The standard InChI is InChI=1S/C16H22N2/c1-13(2)16-17-15(12-18(16)3)11-7-10-14-8-5-4-6-9-14/h4-6,8-9,12-13H,7,10-11H2,1-3H3. The van der Waals surface area contributed by atoms with E-state index in [4.69, 9.17) is 4.98 Å². The maximum absolute atomic E-state index is 4.70. The van der Waals surface area contributed by atoms with Gasteiger partial charge in [0.25, 0.3) is 0 Å². The van der Waals surface area contributed by atoms with Crippen LogP contribution in [0.3, 0.4) is 0 Å². The molecule has 18 heavy (non-hydrogen) atoms. The molecule has 1 aromatic heterocycles. The van der Waals surface area contributed by atoms with Gasteiger partial charge in [-0.3, -0.25) is 0 Å². The van der Waals surface area contributed by atoms with E-state index in [-0.39, 0.29) is 0 Å². The zero-order chi connectivity index (χ0) is 13.0. The molecule has 0 unspecified atom stereocenters. The highest BCUT2D eigenvalue weighted by Crippen LogP contribution is 2.14. The summed E-state index contributed by atoms with van der Waals surface area (Å²) in [6.07, 6.45) is 5.53. The third kappa shape index (κ3) is 3.22. The Balaban J connectivity index is 1.89. The van der Waals surface area contributed by atoms with Crippen LogP contribution in [0.4, 0.5) is 0 Å². The number of benzene rings is 1. The van der Waals surface area contributed by atoms with Crippen molar-refractivity contribution >= 4 is 0 Å². The van der Waals surface area contributed by atoms with Crippen LogP contribution in [0.2, 0.25) is 0 Å². The first-order valence-corrected chi connectivity index (χ1v) is 6.73. The molecule has 0 atom stereocenters. The monoisotopic (exact) mass is 242 g/mol. The second-order valence-electron chi connectivity index (χ2n) is 5.20. The molecule has 0 radical (unpaired) electrons. The molecule has 0 saturated heterocycles. The summed E-state index contributed by atoms with van der Waals surface area (Å²) in [5, 5.41) is 0. The van der Waals surface area contributed by atoms with E-state index >= 15 is 0 Å². The lowest BCUT2D eigenvalue weighted by molar-refractivity contribution is 0.709. The van der Waals surface area contributed by atoms with Crippen molar-refractivity contribution in [3.8, 4) is 0 Å². The fourth-order valence-corrected chi connectivity index (χ4v) is 2.32. The molecule has 96 valence electrons. The SMILES string of the molecule is CC(C)c1nc(CCCc2ccccc2)cn1C. The first kappa shape index (κ1) is 12.9. The Kier molecular flexibility index (Phi) is 4.19. The summed E-state index contributed by atoms with van der Waals surface area (Å²) in [7, 11) is 2.09. The first-order chi connectivity index (χ1) is 8.66. The van der Waals surface area contributed by atoms with Gasteiger partial charge in [0.05, 0.1) is 5.69 Å². The van der Waals surface area contributed by atoms with E-state index in [0.29, 0.717) is 5.92 Å². The van der Waals surface area contributed by atoms with Crippen molar-refractivity contribution in [2.45, 2.75) is 39.0 Å². The Morgan fingerprint density at radius 3 is 2.44 bits per heavy atom. The Labute approximate surface area is 110 Å². The van der Waals surface area contributed by atoms with E-state index in [2.05, 4.69) is 62.0 Å². The summed E-state index contributed by atoms with van der Waals surface area (Å²) in [4.78, 5) is 4.70. The molecule has 0 aliphatic heterocycles. The third-order valence-electron chi connectivity index (χ3n) is 3.22. The quantitative estimate of drug-likeness (QED) is 0.781. The average molecular weight is 242 g/mol. The topological polar surface area (TPSA) is 17.8 Å². The van der Waals surface area contributed by atoms with Crippen molar-refractivity contribution in [2.75, 3.05) is 0 Å². The second kappa shape index (κ2) is 5.85. The van der Waals surface area contributed by atoms with Crippen LogP contribution in [0.25, 0.3) is 0 Å². The van der Waals surface area contributed by atoms with E-state index in [1.165, 1.54) is 23.5 Å². The van der Waals surface area contributed by atoms with Crippen LogP contribution in [-0.4, -0.2) is 9.55 Å². The summed E-state index contributed by atoms with van der Waals surface area (Å²) < 4.78 is 2.16. The van der Waals surface area contributed by atoms with Gasteiger partial charge in [-0.15, -0.1) is 0 Å². The molecule has 2 rings (SSSR count). The zero-order valence-electron chi connectivity index (χ0n) is 11.6. The lowest BCUT2D eigenvalue weighted by Crippen LogP contribution is -1.98. The van der Waals surface area contributed by atoms with Gasteiger partial charge in [0.1, 0.15) is 5.82 Å². The Morgan fingerprint density at radius 1 is 1.11 bits per heavy atom. The van der Waals surface area contributed by atoms with Crippen molar-refractivity contribution in [1.29, 1.82) is 0 Å². The molecular formula is C16H22N2. The van der Waals surface area contributed by atoms with E-state index in [0.717, 1.165) is 12.8 Å². The van der Waals surface area contributed by atoms with Crippen LogP contribution >= 0.6 is 0 Å². The number of aromatic nitrogens is 2. The summed E-state index contributed by atoms with van der Waals surface area (Å²) >= 11 is 0. The smallest absolute Gasteiger partial charge is 0.111 e. The van der Waals surface area contributed by atoms with E-state index in [1.807, 2.05) is 0 Å². The normalized spacial score (nSPS) is 11.1. The fraction of sp³-hybridized carbons (Fsp3) is 0.438. The highest BCUT2D eigenvalue weighted by molar-refractivity contribution is 5.15. The largest absolute Gasteiger partial charge is 0.338 e. The molecule has 0 N–H and O–H groups in total. The molecule has 0 saturated carbocycles. The highest BCUT2D eigenvalue weighted by atomic mass is 15.0. The molecule has 0 aliphatic rings. The van der Waals surface area contributed by atoms with Crippen LogP contribution < -0.4 is 0 Å². The number of nitrogens with zero attached hydrogens (tertiary/aromatic N) is 2. The molecule has 2 heteroatoms. The average Bonchev–Trinajstić information content (AvgIpc) is 2.72. The van der Waals surface area contributed by atoms with Gasteiger partial charge in [0.2, 0.25) is 0 Å². The van der Waals surface area contributed by atoms with Crippen LogP contribution in [-0.2, 0) is 19.9 Å². The molecule has 1 heterocycles. The molecular weight excluding hydrogens is 220 g/mol. The van der Waals surface area contributed by atoms with Gasteiger partial charge >= 0.3 is 0 Å². The van der Waals surface area contributed by atoms with Gasteiger partial charge in [-0.25, -0.2) is 4.98 Å². The van der Waals surface area contributed by atoms with Gasteiger partial charge in [-0.05, 0) is 24.8 Å². The number of aryl methyl sites for hydroxylation is 3. The molecule has 1 aromatic carbocycles. The summed E-state index contributed by atoms with van der Waals surface area (Å²) in [5.74, 6) is 1.68. The molecule has 2 aromatic rings. The second-order valence-corrected chi connectivity index (χ2v) is 5.20. The Bertz CT molecular complexity index is 483. The van der Waals surface area contributed by atoms with Crippen molar-refractivity contribution in [1.82, 2.24) is 9.55 Å². The van der Waals surface area contributed by atoms with Crippen LogP contribution in [0, 0.1) is 0 Å². The summed E-state index contributed by atoms with van der Waals surface area (Å²) in [6, 6.07) is 10.7. The number of imidazole rings is 1. The van der Waals surface area contributed by atoms with Crippen molar-refractivity contribution in [3.05, 3.63) is 53.6 Å². The molecule has 0 bridgehead atoms. The van der Waals surface area contributed by atoms with Crippen molar-refractivity contribution in [3.63, 3.8) is 0 Å². The number of hydrogen-bond acceptors (Lipinski definition) is 1.